The third-order valence-corrected chi connectivity index (χ3v) is 3.49. The third kappa shape index (κ3) is 2.76. The van der Waals surface area contributed by atoms with Crippen molar-refractivity contribution in [3.63, 3.8) is 0 Å². The minimum atomic E-state index is -0.0237. The molecule has 2 rings (SSSR count). The van der Waals surface area contributed by atoms with Crippen LogP contribution in [0.15, 0.2) is 24.3 Å². The molecule has 2 nitrogen and oxygen atoms in total. The molecule has 1 aliphatic rings. The van der Waals surface area contributed by atoms with Gasteiger partial charge in [0.15, 0.2) is 0 Å². The van der Waals surface area contributed by atoms with Gasteiger partial charge in [-0.3, -0.25) is 4.79 Å². The van der Waals surface area contributed by atoms with Crippen LogP contribution in [0, 0.1) is 12.8 Å². The zero-order valence-electron chi connectivity index (χ0n) is 9.37. The van der Waals surface area contributed by atoms with Gasteiger partial charge in [0, 0.05) is 12.1 Å². The lowest BCUT2D eigenvalue weighted by atomic mass is 10.1. The monoisotopic (exact) mass is 237 g/mol. The quantitative estimate of drug-likeness (QED) is 0.802. The van der Waals surface area contributed by atoms with Gasteiger partial charge in [-0.25, -0.2) is 0 Å². The molecule has 1 aromatic rings. The first-order chi connectivity index (χ1) is 7.68. The Labute approximate surface area is 101 Å². The van der Waals surface area contributed by atoms with E-state index in [2.05, 4.69) is 5.32 Å². The fourth-order valence-electron chi connectivity index (χ4n) is 1.74. The van der Waals surface area contributed by atoms with Crippen molar-refractivity contribution in [3.05, 3.63) is 35.4 Å². The van der Waals surface area contributed by atoms with Crippen LogP contribution in [-0.2, 0) is 0 Å². The summed E-state index contributed by atoms with van der Waals surface area (Å²) in [7, 11) is 0. The van der Waals surface area contributed by atoms with Gasteiger partial charge >= 0.3 is 0 Å². The second-order valence-electron chi connectivity index (χ2n) is 4.38. The van der Waals surface area contributed by atoms with E-state index in [0.717, 1.165) is 11.1 Å². The molecule has 0 saturated heterocycles. The Bertz CT molecular complexity index is 387. The lowest BCUT2D eigenvalue weighted by Crippen LogP contribution is -2.31. The van der Waals surface area contributed by atoms with Crippen LogP contribution in [0.1, 0.15) is 28.8 Å². The van der Waals surface area contributed by atoms with E-state index < -0.39 is 0 Å². The van der Waals surface area contributed by atoms with Gasteiger partial charge in [0.2, 0.25) is 0 Å². The first kappa shape index (κ1) is 11.5. The number of hydrogen-bond acceptors (Lipinski definition) is 1. The number of rotatable bonds is 4. The largest absolute Gasteiger partial charge is 0.351 e. The molecule has 0 bridgehead atoms. The molecule has 1 fully saturated rings. The fraction of sp³-hybridized carbons (Fsp3) is 0.462. The van der Waals surface area contributed by atoms with E-state index >= 15 is 0 Å². The number of alkyl halides is 1. The molecule has 0 heterocycles. The topological polar surface area (TPSA) is 29.1 Å². The number of nitrogens with one attached hydrogen (secondary N) is 1. The summed E-state index contributed by atoms with van der Waals surface area (Å²) in [5.41, 5.74) is 1.74. The van der Waals surface area contributed by atoms with Gasteiger partial charge in [-0.1, -0.05) is 18.2 Å². The van der Waals surface area contributed by atoms with Crippen molar-refractivity contribution in [3.8, 4) is 0 Å². The second kappa shape index (κ2) is 4.88. The van der Waals surface area contributed by atoms with Crippen molar-refractivity contribution < 1.29 is 4.79 Å². The van der Waals surface area contributed by atoms with Crippen LogP contribution in [0.5, 0.6) is 0 Å². The predicted molar refractivity (Wildman–Crippen MR) is 65.9 cm³/mol. The molecule has 3 heteroatoms. The SMILES string of the molecule is Cc1ccccc1C(=O)NCC(Cl)C1CC1. The molecule has 0 aromatic heterocycles. The van der Waals surface area contributed by atoms with E-state index in [0.29, 0.717) is 12.5 Å². The molecule has 1 saturated carbocycles. The van der Waals surface area contributed by atoms with Crippen LogP contribution in [0.25, 0.3) is 0 Å². The fourth-order valence-corrected chi connectivity index (χ4v) is 2.07. The summed E-state index contributed by atoms with van der Waals surface area (Å²) >= 11 is 6.13. The second-order valence-corrected chi connectivity index (χ2v) is 4.94. The number of benzene rings is 1. The first-order valence-electron chi connectivity index (χ1n) is 5.66. The van der Waals surface area contributed by atoms with Crippen LogP contribution in [0.3, 0.4) is 0 Å². The zero-order valence-corrected chi connectivity index (χ0v) is 10.1. The van der Waals surface area contributed by atoms with Gasteiger partial charge < -0.3 is 5.32 Å². The van der Waals surface area contributed by atoms with Gasteiger partial charge in [-0.05, 0) is 37.3 Å². The molecule has 1 N–H and O–H groups in total. The van der Waals surface area contributed by atoms with Crippen molar-refractivity contribution in [1.82, 2.24) is 5.32 Å². The lowest BCUT2D eigenvalue weighted by Gasteiger charge is -2.10. The summed E-state index contributed by atoms with van der Waals surface area (Å²) in [4.78, 5) is 11.8. The van der Waals surface area contributed by atoms with E-state index in [-0.39, 0.29) is 11.3 Å². The van der Waals surface area contributed by atoms with Gasteiger partial charge in [0.1, 0.15) is 0 Å². The Morgan fingerprint density at radius 1 is 1.50 bits per heavy atom. The molecule has 1 atom stereocenters. The van der Waals surface area contributed by atoms with Crippen molar-refractivity contribution >= 4 is 17.5 Å². The molecule has 0 spiro atoms. The highest BCUT2D eigenvalue weighted by molar-refractivity contribution is 6.21. The normalized spacial score (nSPS) is 16.9. The third-order valence-electron chi connectivity index (χ3n) is 2.98. The highest BCUT2D eigenvalue weighted by Crippen LogP contribution is 2.35. The number of amides is 1. The Balaban J connectivity index is 1.90. The summed E-state index contributed by atoms with van der Waals surface area (Å²) in [5.74, 6) is 0.586. The van der Waals surface area contributed by atoms with Gasteiger partial charge in [-0.15, -0.1) is 11.6 Å². The summed E-state index contributed by atoms with van der Waals surface area (Å²) in [6.45, 7) is 2.51. The van der Waals surface area contributed by atoms with Gasteiger partial charge in [0.05, 0.1) is 5.38 Å². The Morgan fingerprint density at radius 2 is 2.19 bits per heavy atom. The van der Waals surface area contributed by atoms with Crippen molar-refractivity contribution in [2.45, 2.75) is 25.1 Å². The Hall–Kier alpha value is -1.02. The minimum absolute atomic E-state index is 0.0237. The van der Waals surface area contributed by atoms with Gasteiger partial charge in [-0.2, -0.15) is 0 Å². The molecular formula is C13H16ClNO. The van der Waals surface area contributed by atoms with Crippen molar-refractivity contribution in [1.29, 1.82) is 0 Å². The molecular weight excluding hydrogens is 222 g/mol. The summed E-state index contributed by atoms with van der Waals surface area (Å²) in [6.07, 6.45) is 2.41. The minimum Gasteiger partial charge on any atom is -0.351 e. The van der Waals surface area contributed by atoms with Crippen LogP contribution in [-0.4, -0.2) is 17.8 Å². The zero-order chi connectivity index (χ0) is 11.5. The van der Waals surface area contributed by atoms with Gasteiger partial charge in [0.25, 0.3) is 5.91 Å². The molecule has 1 aromatic carbocycles. The first-order valence-corrected chi connectivity index (χ1v) is 6.10. The van der Waals surface area contributed by atoms with E-state index in [1.165, 1.54) is 12.8 Å². The Morgan fingerprint density at radius 3 is 2.81 bits per heavy atom. The standard InChI is InChI=1S/C13H16ClNO/c1-9-4-2-3-5-11(9)13(16)15-8-12(14)10-6-7-10/h2-5,10,12H,6-8H2,1H3,(H,15,16). The average Bonchev–Trinajstić information content (AvgIpc) is 3.10. The molecule has 1 aliphatic carbocycles. The Kier molecular flexibility index (Phi) is 3.49. The molecule has 86 valence electrons. The van der Waals surface area contributed by atoms with Crippen LogP contribution >= 0.6 is 11.6 Å². The highest BCUT2D eigenvalue weighted by atomic mass is 35.5. The summed E-state index contributed by atoms with van der Waals surface area (Å²) in [5, 5.41) is 2.98. The number of carbonyl (C=O) groups is 1. The summed E-state index contributed by atoms with van der Waals surface area (Å²) < 4.78 is 0. The van der Waals surface area contributed by atoms with Crippen LogP contribution < -0.4 is 5.32 Å². The molecule has 1 amide bonds. The van der Waals surface area contributed by atoms with Crippen LogP contribution in [0.4, 0.5) is 0 Å². The van der Waals surface area contributed by atoms with Crippen molar-refractivity contribution in [2.75, 3.05) is 6.54 Å². The van der Waals surface area contributed by atoms with E-state index in [4.69, 9.17) is 11.6 Å². The van der Waals surface area contributed by atoms with Crippen LogP contribution in [0.2, 0.25) is 0 Å². The number of aryl methyl sites for hydroxylation is 1. The smallest absolute Gasteiger partial charge is 0.251 e. The van der Waals surface area contributed by atoms with E-state index in [1.54, 1.807) is 0 Å². The maximum atomic E-state index is 11.8. The average molecular weight is 238 g/mol. The number of hydrogen-bond donors (Lipinski definition) is 1. The lowest BCUT2D eigenvalue weighted by molar-refractivity contribution is 0.0952. The van der Waals surface area contributed by atoms with E-state index in [1.807, 2.05) is 31.2 Å². The van der Waals surface area contributed by atoms with Crippen molar-refractivity contribution in [2.24, 2.45) is 5.92 Å². The highest BCUT2D eigenvalue weighted by Gasteiger charge is 2.29. The number of halogens is 1. The molecule has 16 heavy (non-hydrogen) atoms. The maximum absolute atomic E-state index is 11.8. The molecule has 1 unspecified atom stereocenters. The number of carbonyl (C=O) groups excluding carboxylic acids is 1. The molecule has 0 aliphatic heterocycles. The maximum Gasteiger partial charge on any atom is 0.251 e. The summed E-state index contributed by atoms with van der Waals surface area (Å²) in [6, 6.07) is 7.58. The molecule has 0 radical (unpaired) electrons. The predicted octanol–water partition coefficient (Wildman–Crippen LogP) is 2.74. The van der Waals surface area contributed by atoms with E-state index in [9.17, 15) is 4.79 Å².